The first-order valence-electron chi connectivity index (χ1n) is 5.36. The van der Waals surface area contributed by atoms with E-state index in [1.54, 1.807) is 32.3 Å². The van der Waals surface area contributed by atoms with Gasteiger partial charge in [0.2, 0.25) is 5.88 Å². The predicted octanol–water partition coefficient (Wildman–Crippen LogP) is 1.92. The lowest BCUT2D eigenvalue weighted by Crippen LogP contribution is -2.02. The largest absolute Gasteiger partial charge is 0.477 e. The molecule has 0 amide bonds. The minimum atomic E-state index is -1.06. The van der Waals surface area contributed by atoms with Crippen LogP contribution in [-0.2, 0) is 7.05 Å². The third-order valence-corrected chi connectivity index (χ3v) is 2.48. The van der Waals surface area contributed by atoms with Crippen molar-refractivity contribution in [2.45, 2.75) is 13.8 Å². The molecule has 6 heteroatoms. The van der Waals surface area contributed by atoms with Crippen LogP contribution in [0.5, 0.6) is 11.6 Å². The number of aryl methyl sites for hydroxylation is 3. The average Bonchev–Trinajstić information content (AvgIpc) is 2.57. The van der Waals surface area contributed by atoms with Crippen molar-refractivity contribution in [3.8, 4) is 11.6 Å². The molecule has 0 unspecified atom stereocenters. The van der Waals surface area contributed by atoms with Crippen LogP contribution in [0, 0.1) is 13.8 Å². The number of aromatic carboxylic acids is 1. The minimum absolute atomic E-state index is 0.0677. The van der Waals surface area contributed by atoms with Gasteiger partial charge >= 0.3 is 5.97 Å². The summed E-state index contributed by atoms with van der Waals surface area (Å²) in [5.74, 6) is -0.382. The summed E-state index contributed by atoms with van der Waals surface area (Å²) in [5.41, 5.74) is 1.35. The number of pyridine rings is 1. The second kappa shape index (κ2) is 4.48. The van der Waals surface area contributed by atoms with Crippen LogP contribution >= 0.6 is 0 Å². The van der Waals surface area contributed by atoms with Gasteiger partial charge in [-0.2, -0.15) is 5.10 Å². The molecular weight excluding hydrogens is 234 g/mol. The van der Waals surface area contributed by atoms with Crippen LogP contribution in [0.1, 0.15) is 21.7 Å². The zero-order valence-corrected chi connectivity index (χ0v) is 10.3. The fraction of sp³-hybridized carbons (Fsp3) is 0.250. The highest BCUT2D eigenvalue weighted by Crippen LogP contribution is 2.26. The summed E-state index contributed by atoms with van der Waals surface area (Å²) >= 11 is 0. The summed E-state index contributed by atoms with van der Waals surface area (Å²) < 4.78 is 6.94. The van der Waals surface area contributed by atoms with Crippen LogP contribution in [0.15, 0.2) is 18.3 Å². The van der Waals surface area contributed by atoms with Crippen LogP contribution in [0.2, 0.25) is 0 Å². The number of carboxylic acids is 1. The number of carboxylic acid groups (broad SMARTS) is 1. The highest BCUT2D eigenvalue weighted by molar-refractivity contribution is 5.91. The van der Waals surface area contributed by atoms with Crippen molar-refractivity contribution >= 4 is 5.97 Å². The van der Waals surface area contributed by atoms with Gasteiger partial charge in [0.25, 0.3) is 0 Å². The number of nitrogens with zero attached hydrogens (tertiary/aromatic N) is 3. The maximum atomic E-state index is 11.2. The lowest BCUT2D eigenvalue weighted by Gasteiger charge is -2.06. The lowest BCUT2D eigenvalue weighted by atomic mass is 10.2. The molecule has 2 heterocycles. The van der Waals surface area contributed by atoms with Crippen LogP contribution in [0.4, 0.5) is 0 Å². The molecule has 0 aliphatic rings. The maximum absolute atomic E-state index is 11.2. The number of rotatable bonds is 3. The second-order valence-electron chi connectivity index (χ2n) is 3.93. The number of carbonyl (C=O) groups is 1. The van der Waals surface area contributed by atoms with Crippen molar-refractivity contribution < 1.29 is 14.6 Å². The minimum Gasteiger partial charge on any atom is -0.477 e. The normalized spacial score (nSPS) is 10.4. The van der Waals surface area contributed by atoms with E-state index < -0.39 is 5.97 Å². The molecule has 0 fully saturated rings. The molecule has 18 heavy (non-hydrogen) atoms. The Bertz CT molecular complexity index is 587. The smallest absolute Gasteiger partial charge is 0.343 e. The van der Waals surface area contributed by atoms with Gasteiger partial charge in [0, 0.05) is 12.7 Å². The quantitative estimate of drug-likeness (QED) is 0.896. The molecule has 0 bridgehead atoms. The summed E-state index contributed by atoms with van der Waals surface area (Å²) in [6, 6.07) is 3.52. The molecule has 1 N–H and O–H groups in total. The Hall–Kier alpha value is -2.37. The molecular formula is C12H13N3O3. The van der Waals surface area contributed by atoms with Crippen LogP contribution in [-0.4, -0.2) is 25.8 Å². The third-order valence-electron chi connectivity index (χ3n) is 2.48. The number of ether oxygens (including phenoxy) is 1. The fourth-order valence-electron chi connectivity index (χ4n) is 1.63. The number of aromatic nitrogens is 3. The maximum Gasteiger partial charge on any atom is 0.343 e. The summed E-state index contributed by atoms with van der Waals surface area (Å²) in [6.07, 6.45) is 1.54. The first kappa shape index (κ1) is 12.1. The molecule has 0 aliphatic carbocycles. The van der Waals surface area contributed by atoms with Gasteiger partial charge in [0.05, 0.1) is 11.9 Å². The van der Waals surface area contributed by atoms with E-state index in [0.29, 0.717) is 11.4 Å². The van der Waals surface area contributed by atoms with Crippen molar-refractivity contribution in [1.82, 2.24) is 14.8 Å². The molecule has 0 radical (unpaired) electrons. The Morgan fingerprint density at radius 2 is 2.11 bits per heavy atom. The Balaban J connectivity index is 2.39. The van der Waals surface area contributed by atoms with Gasteiger partial charge in [-0.05, 0) is 26.0 Å². The highest BCUT2D eigenvalue weighted by atomic mass is 16.5. The number of hydrogen-bond donors (Lipinski definition) is 1. The zero-order chi connectivity index (χ0) is 13.3. The molecule has 2 aromatic rings. The van der Waals surface area contributed by atoms with Gasteiger partial charge in [-0.3, -0.25) is 4.98 Å². The van der Waals surface area contributed by atoms with Crippen molar-refractivity contribution in [2.75, 3.05) is 0 Å². The van der Waals surface area contributed by atoms with Gasteiger partial charge in [0.15, 0.2) is 0 Å². The molecule has 0 saturated heterocycles. The van der Waals surface area contributed by atoms with Crippen molar-refractivity contribution in [3.05, 3.63) is 35.3 Å². The van der Waals surface area contributed by atoms with E-state index in [4.69, 9.17) is 9.84 Å². The molecule has 0 aromatic carbocycles. The summed E-state index contributed by atoms with van der Waals surface area (Å²) in [7, 11) is 1.64. The van der Waals surface area contributed by atoms with Gasteiger partial charge in [-0.15, -0.1) is 0 Å². The van der Waals surface area contributed by atoms with Crippen LogP contribution < -0.4 is 4.74 Å². The van der Waals surface area contributed by atoms with Gasteiger partial charge < -0.3 is 9.84 Å². The lowest BCUT2D eigenvalue weighted by molar-refractivity contribution is 0.0693. The van der Waals surface area contributed by atoms with Crippen LogP contribution in [0.3, 0.4) is 0 Å². The fourth-order valence-corrected chi connectivity index (χ4v) is 1.63. The zero-order valence-electron chi connectivity index (χ0n) is 10.3. The molecule has 94 valence electrons. The number of hydrogen-bond acceptors (Lipinski definition) is 4. The van der Waals surface area contributed by atoms with Crippen LogP contribution in [0.25, 0.3) is 0 Å². The molecule has 2 rings (SSSR count). The average molecular weight is 247 g/mol. The highest BCUT2D eigenvalue weighted by Gasteiger charge is 2.21. The Morgan fingerprint density at radius 1 is 1.39 bits per heavy atom. The van der Waals surface area contributed by atoms with E-state index in [1.165, 1.54) is 4.68 Å². The standard InChI is InChI=1S/C12H13N3O3/c1-7-4-5-9(6-13-7)18-11-10(12(16)17)8(2)14-15(11)3/h4-6H,1-3H3,(H,16,17). The van der Waals surface area contributed by atoms with E-state index in [2.05, 4.69) is 10.1 Å². The molecule has 0 saturated carbocycles. The third kappa shape index (κ3) is 2.17. The Kier molecular flexibility index (Phi) is 3.01. The summed E-state index contributed by atoms with van der Waals surface area (Å²) in [6.45, 7) is 3.49. The van der Waals surface area contributed by atoms with E-state index in [-0.39, 0.29) is 11.4 Å². The van der Waals surface area contributed by atoms with Gasteiger partial charge in [-0.25, -0.2) is 9.48 Å². The Labute approximate surface area is 104 Å². The summed E-state index contributed by atoms with van der Waals surface area (Å²) in [5, 5.41) is 13.2. The molecule has 0 atom stereocenters. The first-order chi connectivity index (χ1) is 8.49. The topological polar surface area (TPSA) is 77.2 Å². The van der Waals surface area contributed by atoms with E-state index >= 15 is 0 Å². The van der Waals surface area contributed by atoms with E-state index in [1.807, 2.05) is 6.92 Å². The molecule has 0 aliphatic heterocycles. The Morgan fingerprint density at radius 3 is 2.67 bits per heavy atom. The van der Waals surface area contributed by atoms with Crippen molar-refractivity contribution in [1.29, 1.82) is 0 Å². The van der Waals surface area contributed by atoms with Gasteiger partial charge in [0.1, 0.15) is 11.3 Å². The first-order valence-corrected chi connectivity index (χ1v) is 5.36. The van der Waals surface area contributed by atoms with Crippen molar-refractivity contribution in [2.24, 2.45) is 7.05 Å². The predicted molar refractivity (Wildman–Crippen MR) is 64.0 cm³/mol. The second-order valence-corrected chi connectivity index (χ2v) is 3.93. The van der Waals surface area contributed by atoms with Crippen molar-refractivity contribution in [3.63, 3.8) is 0 Å². The SMILES string of the molecule is Cc1ccc(Oc2c(C(=O)O)c(C)nn2C)cn1. The molecule has 0 spiro atoms. The molecule has 2 aromatic heterocycles. The van der Waals surface area contributed by atoms with Gasteiger partial charge in [-0.1, -0.05) is 0 Å². The van der Waals surface area contributed by atoms with E-state index in [9.17, 15) is 4.79 Å². The van der Waals surface area contributed by atoms with E-state index in [0.717, 1.165) is 5.69 Å². The molecule has 6 nitrogen and oxygen atoms in total. The monoisotopic (exact) mass is 247 g/mol. The summed E-state index contributed by atoms with van der Waals surface area (Å²) in [4.78, 5) is 15.2.